The molecule has 0 fully saturated rings. The zero-order valence-electron chi connectivity index (χ0n) is 11.0. The first-order valence-electron chi connectivity index (χ1n) is 6.40. The molecule has 1 unspecified atom stereocenters. The summed E-state index contributed by atoms with van der Waals surface area (Å²) in [5.74, 6) is -0.320. The Labute approximate surface area is 116 Å². The second kappa shape index (κ2) is 5.35. The minimum absolute atomic E-state index is 0.253. The molecule has 0 radical (unpaired) electrons. The van der Waals surface area contributed by atoms with Gasteiger partial charge in [0.2, 0.25) is 0 Å². The fourth-order valence-electron chi connectivity index (χ4n) is 2.47. The molecule has 0 aliphatic carbocycles. The van der Waals surface area contributed by atoms with Gasteiger partial charge >= 0.3 is 0 Å². The van der Waals surface area contributed by atoms with Crippen LogP contribution < -0.4 is 5.32 Å². The van der Waals surface area contributed by atoms with Crippen molar-refractivity contribution in [3.8, 4) is 0 Å². The van der Waals surface area contributed by atoms with Crippen LogP contribution in [0.1, 0.15) is 17.2 Å². The van der Waals surface area contributed by atoms with Crippen LogP contribution in [-0.2, 0) is 0 Å². The fraction of sp³-hybridized carbons (Fsp3) is 0.125. The smallest absolute Gasteiger partial charge is 0.146 e. The predicted molar refractivity (Wildman–Crippen MR) is 76.8 cm³/mol. The molecule has 20 heavy (non-hydrogen) atoms. The van der Waals surface area contributed by atoms with Crippen molar-refractivity contribution in [1.29, 1.82) is 0 Å². The minimum Gasteiger partial charge on any atom is -0.309 e. The molecule has 3 rings (SSSR count). The lowest BCUT2D eigenvalue weighted by Gasteiger charge is -2.19. The van der Waals surface area contributed by atoms with E-state index in [1.807, 2.05) is 37.5 Å². The molecule has 0 saturated heterocycles. The van der Waals surface area contributed by atoms with Crippen molar-refractivity contribution in [3.63, 3.8) is 0 Å². The largest absolute Gasteiger partial charge is 0.309 e. The molecule has 3 aromatic rings. The van der Waals surface area contributed by atoms with Crippen LogP contribution in [0.15, 0.2) is 55.1 Å². The van der Waals surface area contributed by atoms with Gasteiger partial charge < -0.3 is 5.32 Å². The highest BCUT2D eigenvalue weighted by atomic mass is 19.1. The first-order valence-corrected chi connectivity index (χ1v) is 6.40. The third-order valence-electron chi connectivity index (χ3n) is 3.41. The van der Waals surface area contributed by atoms with Gasteiger partial charge in [-0.25, -0.2) is 4.39 Å². The summed E-state index contributed by atoms with van der Waals surface area (Å²) in [7, 11) is 1.81. The van der Waals surface area contributed by atoms with Crippen molar-refractivity contribution in [2.75, 3.05) is 7.05 Å². The molecule has 0 aliphatic rings. The topological polar surface area (TPSA) is 37.8 Å². The SMILES string of the molecule is CNC(c1ccncc1F)c1cncc2ccccc12. The molecule has 2 heterocycles. The lowest BCUT2D eigenvalue weighted by molar-refractivity contribution is 0.571. The van der Waals surface area contributed by atoms with E-state index in [0.717, 1.165) is 16.3 Å². The Bertz CT molecular complexity index is 737. The number of fused-ring (bicyclic) bond motifs is 1. The Morgan fingerprint density at radius 2 is 1.85 bits per heavy atom. The van der Waals surface area contributed by atoms with E-state index in [1.54, 1.807) is 18.5 Å². The third kappa shape index (κ3) is 2.14. The van der Waals surface area contributed by atoms with Crippen molar-refractivity contribution in [2.45, 2.75) is 6.04 Å². The Hall–Kier alpha value is -2.33. The van der Waals surface area contributed by atoms with Crippen molar-refractivity contribution in [1.82, 2.24) is 15.3 Å². The lowest BCUT2D eigenvalue weighted by Crippen LogP contribution is -2.19. The van der Waals surface area contributed by atoms with E-state index in [0.29, 0.717) is 5.56 Å². The summed E-state index contributed by atoms with van der Waals surface area (Å²) in [6.45, 7) is 0. The van der Waals surface area contributed by atoms with Crippen LogP contribution in [0.25, 0.3) is 10.8 Å². The van der Waals surface area contributed by atoms with Gasteiger partial charge in [0.1, 0.15) is 5.82 Å². The van der Waals surface area contributed by atoms with Gasteiger partial charge in [0, 0.05) is 29.5 Å². The quantitative estimate of drug-likeness (QED) is 0.792. The maximum Gasteiger partial charge on any atom is 0.146 e. The molecule has 1 N–H and O–H groups in total. The van der Waals surface area contributed by atoms with E-state index >= 15 is 0 Å². The van der Waals surface area contributed by atoms with Crippen LogP contribution in [0.4, 0.5) is 4.39 Å². The average molecular weight is 267 g/mol. The van der Waals surface area contributed by atoms with Gasteiger partial charge in [-0.15, -0.1) is 0 Å². The van der Waals surface area contributed by atoms with E-state index in [9.17, 15) is 4.39 Å². The summed E-state index contributed by atoms with van der Waals surface area (Å²) < 4.78 is 14.0. The van der Waals surface area contributed by atoms with E-state index < -0.39 is 0 Å². The second-order valence-corrected chi connectivity index (χ2v) is 4.57. The third-order valence-corrected chi connectivity index (χ3v) is 3.41. The summed E-state index contributed by atoms with van der Waals surface area (Å²) >= 11 is 0. The van der Waals surface area contributed by atoms with E-state index in [4.69, 9.17) is 0 Å². The molecular weight excluding hydrogens is 253 g/mol. The Morgan fingerprint density at radius 1 is 1.00 bits per heavy atom. The van der Waals surface area contributed by atoms with Crippen LogP contribution in [0, 0.1) is 5.82 Å². The summed E-state index contributed by atoms with van der Waals surface area (Å²) in [6, 6.07) is 9.41. The number of benzene rings is 1. The minimum atomic E-state index is -0.320. The Morgan fingerprint density at radius 3 is 2.65 bits per heavy atom. The highest BCUT2D eigenvalue weighted by molar-refractivity contribution is 5.85. The number of rotatable bonds is 3. The van der Waals surface area contributed by atoms with E-state index in [-0.39, 0.29) is 11.9 Å². The molecule has 1 aromatic carbocycles. The van der Waals surface area contributed by atoms with Gasteiger partial charge in [-0.1, -0.05) is 24.3 Å². The molecule has 2 aromatic heterocycles. The number of nitrogens with one attached hydrogen (secondary N) is 1. The first kappa shape index (κ1) is 12.7. The Kier molecular flexibility index (Phi) is 3.39. The molecule has 0 saturated carbocycles. The number of hydrogen-bond donors (Lipinski definition) is 1. The van der Waals surface area contributed by atoms with E-state index in [1.165, 1.54) is 6.20 Å². The lowest BCUT2D eigenvalue weighted by atomic mass is 9.96. The van der Waals surface area contributed by atoms with Crippen LogP contribution >= 0.6 is 0 Å². The highest BCUT2D eigenvalue weighted by Gasteiger charge is 2.18. The summed E-state index contributed by atoms with van der Waals surface area (Å²) in [5, 5.41) is 5.27. The molecule has 1 atom stereocenters. The van der Waals surface area contributed by atoms with Crippen LogP contribution in [-0.4, -0.2) is 17.0 Å². The van der Waals surface area contributed by atoms with Gasteiger partial charge in [0.25, 0.3) is 0 Å². The van der Waals surface area contributed by atoms with Crippen LogP contribution in [0.2, 0.25) is 0 Å². The van der Waals surface area contributed by atoms with Gasteiger partial charge in [0.15, 0.2) is 0 Å². The molecule has 100 valence electrons. The Balaban J connectivity index is 2.20. The first-order chi connectivity index (χ1) is 9.81. The second-order valence-electron chi connectivity index (χ2n) is 4.57. The molecule has 4 heteroatoms. The summed E-state index contributed by atoms with van der Waals surface area (Å²) in [6.07, 6.45) is 6.43. The maximum atomic E-state index is 14.0. The molecule has 3 nitrogen and oxygen atoms in total. The van der Waals surface area contributed by atoms with Gasteiger partial charge in [-0.05, 0) is 24.1 Å². The van der Waals surface area contributed by atoms with E-state index in [2.05, 4.69) is 15.3 Å². The summed E-state index contributed by atoms with van der Waals surface area (Å²) in [4.78, 5) is 8.06. The standard InChI is InChI=1S/C16H14FN3/c1-18-16(13-6-7-19-10-15(13)17)14-9-20-8-11-4-2-3-5-12(11)14/h2-10,16,18H,1H3. The number of halogens is 1. The highest BCUT2D eigenvalue weighted by Crippen LogP contribution is 2.28. The van der Waals surface area contributed by atoms with Crippen molar-refractivity contribution >= 4 is 10.8 Å². The van der Waals surface area contributed by atoms with Crippen LogP contribution in [0.3, 0.4) is 0 Å². The zero-order chi connectivity index (χ0) is 13.9. The number of nitrogens with zero attached hydrogens (tertiary/aromatic N) is 2. The predicted octanol–water partition coefficient (Wildman–Crippen LogP) is 3.08. The molecule has 0 aliphatic heterocycles. The number of pyridine rings is 2. The van der Waals surface area contributed by atoms with Crippen molar-refractivity contribution < 1.29 is 4.39 Å². The number of hydrogen-bond acceptors (Lipinski definition) is 3. The maximum absolute atomic E-state index is 14.0. The average Bonchev–Trinajstić information content (AvgIpc) is 2.50. The van der Waals surface area contributed by atoms with Gasteiger partial charge in [0.05, 0.1) is 12.2 Å². The molecule has 0 amide bonds. The van der Waals surface area contributed by atoms with Crippen molar-refractivity contribution in [2.24, 2.45) is 0 Å². The normalized spacial score (nSPS) is 12.5. The van der Waals surface area contributed by atoms with Gasteiger partial charge in [-0.2, -0.15) is 0 Å². The molecular formula is C16H14FN3. The zero-order valence-corrected chi connectivity index (χ0v) is 11.0. The molecule has 0 bridgehead atoms. The van der Waals surface area contributed by atoms with Crippen LogP contribution in [0.5, 0.6) is 0 Å². The summed E-state index contributed by atoms with van der Waals surface area (Å²) in [5.41, 5.74) is 1.52. The monoisotopic (exact) mass is 267 g/mol. The fourth-order valence-corrected chi connectivity index (χ4v) is 2.47. The van der Waals surface area contributed by atoms with Crippen molar-refractivity contribution in [3.05, 3.63) is 72.1 Å². The van der Waals surface area contributed by atoms with Gasteiger partial charge in [-0.3, -0.25) is 9.97 Å². The molecule has 0 spiro atoms. The number of aromatic nitrogens is 2.